The number of anilines is 1. The Morgan fingerprint density at radius 2 is 1.79 bits per heavy atom. The molecular formula is C20H32N4O5. The lowest BCUT2D eigenvalue weighted by Gasteiger charge is -2.33. The number of carbonyl (C=O) groups excluding carboxylic acids is 3. The fourth-order valence-corrected chi connectivity index (χ4v) is 2.95. The second-order valence-electron chi connectivity index (χ2n) is 8.38. The standard InChI is InChI=1S/C20H32N4O5/c1-12(2)11-13(15(29-6)18(26)24-28)17(25)23-16(20(3,4)5)19(27)22-14-9-7-8-10-21-14/h7-10,12-13,15-16,28H,11H2,1-6H3,(H,23,25)(H,24,26)(H,21,22,27)/t13-,15-,16+/m0/s1. The monoisotopic (exact) mass is 408 g/mol. The number of hydrogen-bond acceptors (Lipinski definition) is 6. The van der Waals surface area contributed by atoms with E-state index < -0.39 is 41.2 Å². The van der Waals surface area contributed by atoms with Crippen LogP contribution in [-0.2, 0) is 19.1 Å². The van der Waals surface area contributed by atoms with Crippen LogP contribution in [0, 0.1) is 17.3 Å². The van der Waals surface area contributed by atoms with Gasteiger partial charge in [-0.15, -0.1) is 0 Å². The second-order valence-corrected chi connectivity index (χ2v) is 8.38. The first kappa shape index (κ1) is 24.5. The number of ether oxygens (including phenoxy) is 1. The molecule has 0 aliphatic carbocycles. The summed E-state index contributed by atoms with van der Waals surface area (Å²) in [6, 6.07) is 4.23. The molecule has 1 aromatic heterocycles. The van der Waals surface area contributed by atoms with Crippen LogP contribution in [-0.4, -0.2) is 47.2 Å². The number of rotatable bonds is 9. The number of amides is 3. The molecule has 0 radical (unpaired) electrons. The normalized spacial score (nSPS) is 14.6. The van der Waals surface area contributed by atoms with Gasteiger partial charge < -0.3 is 15.4 Å². The van der Waals surface area contributed by atoms with Crippen molar-refractivity contribution in [1.29, 1.82) is 0 Å². The first-order chi connectivity index (χ1) is 13.5. The third-order valence-corrected chi connectivity index (χ3v) is 4.38. The number of nitrogens with zero attached hydrogens (tertiary/aromatic N) is 1. The average Bonchev–Trinajstić information content (AvgIpc) is 2.64. The Bertz CT molecular complexity index is 688. The molecule has 1 aromatic rings. The van der Waals surface area contributed by atoms with Crippen molar-refractivity contribution < 1.29 is 24.3 Å². The zero-order chi connectivity index (χ0) is 22.2. The van der Waals surface area contributed by atoms with E-state index in [9.17, 15) is 14.4 Å². The van der Waals surface area contributed by atoms with Crippen molar-refractivity contribution in [2.45, 2.75) is 53.2 Å². The predicted octanol–water partition coefficient (Wildman–Crippen LogP) is 1.73. The number of pyridine rings is 1. The van der Waals surface area contributed by atoms with Crippen LogP contribution in [0.3, 0.4) is 0 Å². The first-order valence-corrected chi connectivity index (χ1v) is 9.50. The summed E-state index contributed by atoms with van der Waals surface area (Å²) in [6.45, 7) is 9.27. The van der Waals surface area contributed by atoms with Crippen molar-refractivity contribution in [3.63, 3.8) is 0 Å². The van der Waals surface area contributed by atoms with Gasteiger partial charge in [0.15, 0.2) is 0 Å². The molecular weight excluding hydrogens is 376 g/mol. The number of carbonyl (C=O) groups is 3. The van der Waals surface area contributed by atoms with Crippen molar-refractivity contribution in [3.8, 4) is 0 Å². The topological polar surface area (TPSA) is 130 Å². The van der Waals surface area contributed by atoms with Crippen LogP contribution in [0.5, 0.6) is 0 Å². The van der Waals surface area contributed by atoms with Crippen molar-refractivity contribution in [2.24, 2.45) is 17.3 Å². The molecule has 1 heterocycles. The summed E-state index contributed by atoms with van der Waals surface area (Å²) >= 11 is 0. The van der Waals surface area contributed by atoms with Gasteiger partial charge in [-0.3, -0.25) is 19.6 Å². The third-order valence-electron chi connectivity index (χ3n) is 4.38. The Morgan fingerprint density at radius 3 is 2.24 bits per heavy atom. The van der Waals surface area contributed by atoms with Gasteiger partial charge in [0.25, 0.3) is 5.91 Å². The van der Waals surface area contributed by atoms with Crippen molar-refractivity contribution in [2.75, 3.05) is 12.4 Å². The minimum Gasteiger partial charge on any atom is -0.371 e. The van der Waals surface area contributed by atoms with Crippen molar-refractivity contribution in [1.82, 2.24) is 15.8 Å². The maximum atomic E-state index is 13.1. The molecule has 9 heteroatoms. The van der Waals surface area contributed by atoms with Crippen LogP contribution < -0.4 is 16.1 Å². The highest BCUT2D eigenvalue weighted by atomic mass is 16.5. The van der Waals surface area contributed by atoms with Gasteiger partial charge in [-0.2, -0.15) is 0 Å². The molecule has 29 heavy (non-hydrogen) atoms. The molecule has 9 nitrogen and oxygen atoms in total. The van der Waals surface area contributed by atoms with Gasteiger partial charge in [-0.1, -0.05) is 40.7 Å². The summed E-state index contributed by atoms with van der Waals surface area (Å²) in [6.07, 6.45) is 0.688. The van der Waals surface area contributed by atoms with Crippen molar-refractivity contribution >= 4 is 23.5 Å². The first-order valence-electron chi connectivity index (χ1n) is 9.50. The molecule has 0 bridgehead atoms. The zero-order valence-corrected chi connectivity index (χ0v) is 17.9. The van der Waals surface area contributed by atoms with E-state index in [2.05, 4.69) is 15.6 Å². The molecule has 1 rings (SSSR count). The van der Waals surface area contributed by atoms with E-state index in [1.54, 1.807) is 24.4 Å². The highest BCUT2D eigenvalue weighted by molar-refractivity contribution is 5.98. The molecule has 0 spiro atoms. The van der Waals surface area contributed by atoms with E-state index in [1.807, 2.05) is 34.6 Å². The SMILES string of the molecule is CO[C@H](C(=O)NO)[C@H](CC(C)C)C(=O)N[C@H](C(=O)Nc1ccccn1)C(C)(C)C. The maximum Gasteiger partial charge on any atom is 0.273 e. The summed E-state index contributed by atoms with van der Waals surface area (Å²) in [5.41, 5.74) is 0.920. The highest BCUT2D eigenvalue weighted by Gasteiger charge is 2.39. The number of hydrogen-bond donors (Lipinski definition) is 4. The molecule has 0 aromatic carbocycles. The van der Waals surface area contributed by atoms with E-state index in [-0.39, 0.29) is 5.92 Å². The van der Waals surface area contributed by atoms with E-state index >= 15 is 0 Å². The van der Waals surface area contributed by atoms with Crippen LogP contribution in [0.2, 0.25) is 0 Å². The smallest absolute Gasteiger partial charge is 0.273 e. The van der Waals surface area contributed by atoms with Crippen molar-refractivity contribution in [3.05, 3.63) is 24.4 Å². The number of nitrogens with one attached hydrogen (secondary N) is 3. The van der Waals surface area contributed by atoms with Crippen LogP contribution in [0.4, 0.5) is 5.82 Å². The van der Waals surface area contributed by atoms with Gasteiger partial charge in [0.05, 0.1) is 5.92 Å². The summed E-state index contributed by atoms with van der Waals surface area (Å²) in [7, 11) is 1.29. The molecule has 0 saturated heterocycles. The molecule has 0 saturated carbocycles. The minimum absolute atomic E-state index is 0.0744. The summed E-state index contributed by atoms with van der Waals surface area (Å²) < 4.78 is 5.17. The fraction of sp³-hybridized carbons (Fsp3) is 0.600. The number of hydroxylamine groups is 1. The second kappa shape index (κ2) is 10.9. The van der Waals surface area contributed by atoms with E-state index in [0.29, 0.717) is 12.2 Å². The summed E-state index contributed by atoms with van der Waals surface area (Å²) in [5, 5.41) is 14.4. The third kappa shape index (κ3) is 7.43. The van der Waals surface area contributed by atoms with Gasteiger partial charge in [-0.05, 0) is 29.9 Å². The molecule has 3 amide bonds. The number of methoxy groups -OCH3 is 1. The number of aromatic nitrogens is 1. The zero-order valence-electron chi connectivity index (χ0n) is 17.9. The Kier molecular flexibility index (Phi) is 9.19. The molecule has 0 unspecified atom stereocenters. The molecule has 162 valence electrons. The van der Waals surface area contributed by atoms with Crippen LogP contribution in [0.25, 0.3) is 0 Å². The van der Waals surface area contributed by atoms with Crippen LogP contribution in [0.1, 0.15) is 41.0 Å². The van der Waals surface area contributed by atoms with Gasteiger partial charge in [-0.25, -0.2) is 10.5 Å². The molecule has 3 atom stereocenters. The average molecular weight is 408 g/mol. The quantitative estimate of drug-likeness (QED) is 0.364. The van der Waals surface area contributed by atoms with E-state index in [4.69, 9.17) is 9.94 Å². The molecule has 0 fully saturated rings. The fourth-order valence-electron chi connectivity index (χ4n) is 2.95. The van der Waals surface area contributed by atoms with Gasteiger partial charge in [0.1, 0.15) is 18.0 Å². The summed E-state index contributed by atoms with van der Waals surface area (Å²) in [5.74, 6) is -2.20. The summed E-state index contributed by atoms with van der Waals surface area (Å²) in [4.78, 5) is 42.0. The van der Waals surface area contributed by atoms with E-state index in [1.165, 1.54) is 12.6 Å². The van der Waals surface area contributed by atoms with Gasteiger partial charge in [0.2, 0.25) is 11.8 Å². The van der Waals surface area contributed by atoms with Gasteiger partial charge >= 0.3 is 0 Å². The lowest BCUT2D eigenvalue weighted by atomic mass is 9.84. The Morgan fingerprint density at radius 1 is 1.14 bits per heavy atom. The van der Waals surface area contributed by atoms with Crippen LogP contribution in [0.15, 0.2) is 24.4 Å². The predicted molar refractivity (Wildman–Crippen MR) is 108 cm³/mol. The van der Waals surface area contributed by atoms with Gasteiger partial charge in [0, 0.05) is 13.3 Å². The minimum atomic E-state index is -1.19. The largest absolute Gasteiger partial charge is 0.371 e. The van der Waals surface area contributed by atoms with E-state index in [0.717, 1.165) is 0 Å². The lowest BCUT2D eigenvalue weighted by Crippen LogP contribution is -2.55. The molecule has 4 N–H and O–H groups in total. The Labute approximate surface area is 171 Å². The highest BCUT2D eigenvalue weighted by Crippen LogP contribution is 2.24. The molecule has 0 aliphatic rings. The Balaban J connectivity index is 3.09. The lowest BCUT2D eigenvalue weighted by molar-refractivity contribution is -0.149. The maximum absolute atomic E-state index is 13.1. The Hall–Kier alpha value is -2.52. The molecule has 0 aliphatic heterocycles. The van der Waals surface area contributed by atoms with Crippen LogP contribution >= 0.6 is 0 Å².